The van der Waals surface area contributed by atoms with Gasteiger partial charge in [0.1, 0.15) is 5.75 Å². The fraction of sp³-hybridized carbons (Fsp3) is 0.333. The van der Waals surface area contributed by atoms with Gasteiger partial charge in [0.15, 0.2) is 5.13 Å². The van der Waals surface area contributed by atoms with Crippen LogP contribution in [0.15, 0.2) is 24.3 Å². The first-order valence-electron chi connectivity index (χ1n) is 7.51. The Morgan fingerprint density at radius 3 is 2.80 bits per heavy atom. The monoisotopic (exact) mass is 382 g/mol. The fourth-order valence-electron chi connectivity index (χ4n) is 2.51. The van der Waals surface area contributed by atoms with Gasteiger partial charge in [-0.2, -0.15) is 4.31 Å². The molecular weight excluding hydrogens is 364 g/mol. The summed E-state index contributed by atoms with van der Waals surface area (Å²) in [5, 5.41) is 5.83. The number of fused-ring (bicyclic) bond motifs is 1. The second-order valence-corrected chi connectivity index (χ2v) is 8.58. The summed E-state index contributed by atoms with van der Waals surface area (Å²) in [5.74, 6) is 0.555. The molecule has 0 spiro atoms. The van der Waals surface area contributed by atoms with Gasteiger partial charge in [-0.15, -0.1) is 0 Å². The maximum Gasteiger partial charge on any atom is 0.325 e. The Labute approximate surface area is 149 Å². The van der Waals surface area contributed by atoms with Gasteiger partial charge in [0.25, 0.3) is 0 Å². The molecule has 0 saturated carbocycles. The topological polar surface area (TPSA) is 101 Å². The molecule has 0 fully saturated rings. The number of methoxy groups -OCH3 is 1. The zero-order valence-electron chi connectivity index (χ0n) is 13.8. The molecule has 1 aliphatic heterocycles. The van der Waals surface area contributed by atoms with Crippen molar-refractivity contribution in [3.63, 3.8) is 0 Å². The fourth-order valence-corrected chi connectivity index (χ4v) is 4.39. The summed E-state index contributed by atoms with van der Waals surface area (Å²) in [6.07, 6.45) is 1.73. The maximum absolute atomic E-state index is 12.2. The van der Waals surface area contributed by atoms with Gasteiger partial charge in [-0.3, -0.25) is 5.32 Å². The van der Waals surface area contributed by atoms with Crippen molar-refractivity contribution in [3.05, 3.63) is 34.8 Å². The normalized spacial score (nSPS) is 14.6. The van der Waals surface area contributed by atoms with Gasteiger partial charge in [0.2, 0.25) is 10.0 Å². The van der Waals surface area contributed by atoms with Crippen LogP contribution < -0.4 is 15.4 Å². The largest absolute Gasteiger partial charge is 0.495 e. The molecule has 0 bridgehead atoms. The highest BCUT2D eigenvalue weighted by molar-refractivity contribution is 7.88. The number of carbonyl (C=O) groups excluding carboxylic acids is 1. The molecule has 0 atom stereocenters. The highest BCUT2D eigenvalue weighted by atomic mass is 32.2. The molecule has 0 saturated heterocycles. The SMILES string of the molecule is COc1ccccc1NC(=O)Nc1nc2c(s1)CN(S(C)(=O)=O)CC2. The third kappa shape index (κ3) is 4.09. The highest BCUT2D eigenvalue weighted by Crippen LogP contribution is 2.29. The van der Waals surface area contributed by atoms with Crippen molar-refractivity contribution >= 4 is 38.2 Å². The maximum atomic E-state index is 12.2. The number of para-hydroxylation sites is 2. The molecule has 134 valence electrons. The summed E-state index contributed by atoms with van der Waals surface area (Å²) in [4.78, 5) is 17.4. The molecular formula is C15H18N4O4S2. The molecule has 1 aromatic carbocycles. The molecule has 25 heavy (non-hydrogen) atoms. The molecule has 2 N–H and O–H groups in total. The number of rotatable bonds is 4. The number of benzene rings is 1. The Morgan fingerprint density at radius 1 is 1.32 bits per heavy atom. The number of nitrogens with one attached hydrogen (secondary N) is 2. The Balaban J connectivity index is 1.68. The summed E-state index contributed by atoms with van der Waals surface area (Å²) >= 11 is 1.28. The smallest absolute Gasteiger partial charge is 0.325 e. The van der Waals surface area contributed by atoms with Crippen LogP contribution in [-0.4, -0.2) is 43.6 Å². The lowest BCUT2D eigenvalue weighted by molar-refractivity contribution is 0.262. The van der Waals surface area contributed by atoms with Crippen molar-refractivity contribution in [2.24, 2.45) is 0 Å². The van der Waals surface area contributed by atoms with E-state index < -0.39 is 16.1 Å². The molecule has 8 nitrogen and oxygen atoms in total. The highest BCUT2D eigenvalue weighted by Gasteiger charge is 2.26. The zero-order chi connectivity index (χ0) is 18.0. The Kier molecular flexibility index (Phi) is 4.93. The van der Waals surface area contributed by atoms with Crippen LogP contribution >= 0.6 is 11.3 Å². The molecule has 2 aromatic rings. The van der Waals surface area contributed by atoms with E-state index in [1.165, 1.54) is 29.0 Å². The summed E-state index contributed by atoms with van der Waals surface area (Å²) in [7, 11) is -1.70. The number of anilines is 2. The van der Waals surface area contributed by atoms with E-state index in [1.54, 1.807) is 18.2 Å². The van der Waals surface area contributed by atoms with Crippen LogP contribution in [0.4, 0.5) is 15.6 Å². The number of hydrogen-bond donors (Lipinski definition) is 2. The lowest BCUT2D eigenvalue weighted by Crippen LogP contribution is -2.34. The average Bonchev–Trinajstić information content (AvgIpc) is 2.95. The number of urea groups is 1. The minimum absolute atomic E-state index is 0.293. The number of carbonyl (C=O) groups is 1. The van der Waals surface area contributed by atoms with Crippen molar-refractivity contribution < 1.29 is 17.9 Å². The first kappa shape index (κ1) is 17.6. The predicted octanol–water partition coefficient (Wildman–Crippen LogP) is 2.11. The van der Waals surface area contributed by atoms with Gasteiger partial charge in [-0.25, -0.2) is 18.2 Å². The van der Waals surface area contributed by atoms with Gasteiger partial charge < -0.3 is 10.1 Å². The van der Waals surface area contributed by atoms with E-state index in [-0.39, 0.29) is 0 Å². The second kappa shape index (κ2) is 6.98. The number of hydrogen-bond acceptors (Lipinski definition) is 6. The summed E-state index contributed by atoms with van der Waals surface area (Å²) in [6.45, 7) is 0.698. The van der Waals surface area contributed by atoms with E-state index >= 15 is 0 Å². The summed E-state index contributed by atoms with van der Waals surface area (Å²) in [5.41, 5.74) is 1.38. The number of amides is 2. The lowest BCUT2D eigenvalue weighted by atomic mass is 10.2. The van der Waals surface area contributed by atoms with Gasteiger partial charge in [-0.05, 0) is 12.1 Å². The van der Waals surface area contributed by atoms with Crippen LogP contribution in [0.1, 0.15) is 10.6 Å². The first-order valence-corrected chi connectivity index (χ1v) is 10.2. The number of nitrogens with zero attached hydrogens (tertiary/aromatic N) is 2. The minimum Gasteiger partial charge on any atom is -0.495 e. The van der Waals surface area contributed by atoms with Crippen LogP contribution in [0, 0.1) is 0 Å². The molecule has 0 radical (unpaired) electrons. The van der Waals surface area contributed by atoms with Crippen molar-refractivity contribution in [2.45, 2.75) is 13.0 Å². The molecule has 3 rings (SSSR count). The van der Waals surface area contributed by atoms with Gasteiger partial charge in [0.05, 0.1) is 24.7 Å². The zero-order valence-corrected chi connectivity index (χ0v) is 15.4. The van der Waals surface area contributed by atoms with Crippen LogP contribution in [0.3, 0.4) is 0 Å². The molecule has 1 aliphatic rings. The van der Waals surface area contributed by atoms with Crippen LogP contribution in [0.2, 0.25) is 0 Å². The molecule has 2 heterocycles. The number of thiazole rings is 1. The average molecular weight is 382 g/mol. The Morgan fingerprint density at radius 2 is 2.08 bits per heavy atom. The van der Waals surface area contributed by atoms with Crippen LogP contribution in [0.25, 0.3) is 0 Å². The van der Waals surface area contributed by atoms with Crippen molar-refractivity contribution in [2.75, 3.05) is 30.5 Å². The van der Waals surface area contributed by atoms with Gasteiger partial charge >= 0.3 is 6.03 Å². The van der Waals surface area contributed by atoms with E-state index in [1.807, 2.05) is 6.07 Å². The van der Waals surface area contributed by atoms with Gasteiger partial charge in [0, 0.05) is 24.4 Å². The van der Waals surface area contributed by atoms with Crippen molar-refractivity contribution in [1.82, 2.24) is 9.29 Å². The lowest BCUT2D eigenvalue weighted by Gasteiger charge is -2.23. The van der Waals surface area contributed by atoms with E-state index in [9.17, 15) is 13.2 Å². The van der Waals surface area contributed by atoms with E-state index in [0.717, 1.165) is 10.6 Å². The van der Waals surface area contributed by atoms with E-state index in [4.69, 9.17) is 4.74 Å². The quantitative estimate of drug-likeness (QED) is 0.843. The van der Waals surface area contributed by atoms with E-state index in [0.29, 0.717) is 36.1 Å². The first-order chi connectivity index (χ1) is 11.9. The molecule has 2 amide bonds. The Hall–Kier alpha value is -2.17. The van der Waals surface area contributed by atoms with Crippen LogP contribution in [-0.2, 0) is 23.0 Å². The third-order valence-electron chi connectivity index (χ3n) is 3.74. The molecule has 0 aliphatic carbocycles. The van der Waals surface area contributed by atoms with Crippen LogP contribution in [0.5, 0.6) is 5.75 Å². The van der Waals surface area contributed by atoms with Crippen molar-refractivity contribution in [1.29, 1.82) is 0 Å². The molecule has 1 aromatic heterocycles. The standard InChI is InChI=1S/C15H18N4O4S2/c1-23-12-6-4-3-5-10(12)16-14(20)18-15-17-11-7-8-19(25(2,21)22)9-13(11)24-15/h3-6H,7-9H2,1-2H3,(H2,16,17,18,20). The minimum atomic E-state index is -3.23. The summed E-state index contributed by atoms with van der Waals surface area (Å²) in [6, 6.07) is 6.65. The van der Waals surface area contributed by atoms with Crippen molar-refractivity contribution in [3.8, 4) is 5.75 Å². The number of sulfonamides is 1. The number of aromatic nitrogens is 1. The summed E-state index contributed by atoms with van der Waals surface area (Å²) < 4.78 is 29.9. The second-order valence-electron chi connectivity index (χ2n) is 5.51. The van der Waals surface area contributed by atoms with Gasteiger partial charge in [-0.1, -0.05) is 23.5 Å². The molecule has 0 unspecified atom stereocenters. The number of ether oxygens (including phenoxy) is 1. The third-order valence-corrected chi connectivity index (χ3v) is 5.99. The predicted molar refractivity (Wildman–Crippen MR) is 96.7 cm³/mol. The Bertz CT molecular complexity index is 895. The van der Waals surface area contributed by atoms with E-state index in [2.05, 4.69) is 15.6 Å². The molecule has 10 heteroatoms.